The maximum Gasteiger partial charge on any atom is 0.299 e. The van der Waals surface area contributed by atoms with Crippen LogP contribution in [0.5, 0.6) is 5.95 Å². The van der Waals surface area contributed by atoms with Crippen molar-refractivity contribution in [1.82, 2.24) is 0 Å². The van der Waals surface area contributed by atoms with E-state index in [2.05, 4.69) is 14.1 Å². The lowest BCUT2D eigenvalue weighted by Gasteiger charge is -1.94. The molecule has 0 aliphatic heterocycles. The SMILES string of the molecule is O=S(=O)(/N=N/c1ccc(O)o1)c1ccccc1. The van der Waals surface area contributed by atoms with Crippen molar-refractivity contribution < 1.29 is 17.9 Å². The molecule has 6 nitrogen and oxygen atoms in total. The van der Waals surface area contributed by atoms with Gasteiger partial charge in [0.1, 0.15) is 0 Å². The minimum Gasteiger partial charge on any atom is -0.481 e. The van der Waals surface area contributed by atoms with Gasteiger partial charge in [-0.2, -0.15) is 8.42 Å². The van der Waals surface area contributed by atoms with E-state index >= 15 is 0 Å². The van der Waals surface area contributed by atoms with Gasteiger partial charge in [-0.25, -0.2) is 0 Å². The largest absolute Gasteiger partial charge is 0.481 e. The van der Waals surface area contributed by atoms with Crippen molar-refractivity contribution in [1.29, 1.82) is 0 Å². The Morgan fingerprint density at radius 2 is 1.76 bits per heavy atom. The van der Waals surface area contributed by atoms with Crippen molar-refractivity contribution in [2.75, 3.05) is 0 Å². The molecule has 0 unspecified atom stereocenters. The van der Waals surface area contributed by atoms with Crippen molar-refractivity contribution in [3.05, 3.63) is 42.5 Å². The monoisotopic (exact) mass is 252 g/mol. The summed E-state index contributed by atoms with van der Waals surface area (Å²) in [6.45, 7) is 0. The summed E-state index contributed by atoms with van der Waals surface area (Å²) >= 11 is 0. The highest BCUT2D eigenvalue weighted by Gasteiger charge is 2.12. The van der Waals surface area contributed by atoms with Gasteiger partial charge in [-0.1, -0.05) is 27.8 Å². The first kappa shape index (κ1) is 11.3. The summed E-state index contributed by atoms with van der Waals surface area (Å²) in [5.41, 5.74) is 0. The molecule has 0 bridgehead atoms. The first-order valence-corrected chi connectivity index (χ1v) is 6.04. The Morgan fingerprint density at radius 1 is 1.06 bits per heavy atom. The van der Waals surface area contributed by atoms with E-state index in [-0.39, 0.29) is 16.7 Å². The van der Waals surface area contributed by atoms with Crippen LogP contribution >= 0.6 is 0 Å². The Kier molecular flexibility index (Phi) is 2.92. The van der Waals surface area contributed by atoms with Gasteiger partial charge in [0.2, 0.25) is 5.88 Å². The van der Waals surface area contributed by atoms with E-state index in [1.807, 2.05) is 0 Å². The number of hydrogen-bond donors (Lipinski definition) is 1. The van der Waals surface area contributed by atoms with Crippen LogP contribution in [0, 0.1) is 0 Å². The fraction of sp³-hybridized carbons (Fsp3) is 0. The molecule has 0 saturated heterocycles. The van der Waals surface area contributed by atoms with Gasteiger partial charge in [-0.05, 0) is 12.1 Å². The average molecular weight is 252 g/mol. The number of aromatic hydroxyl groups is 1. The standard InChI is InChI=1S/C10H8N2O4S/c13-10-7-6-9(16-10)11-12-17(14,15)8-4-2-1-3-5-8/h1-7,13H/b12-11+. The summed E-state index contributed by atoms with van der Waals surface area (Å²) in [6, 6.07) is 10.2. The number of furan rings is 1. The summed E-state index contributed by atoms with van der Waals surface area (Å²) < 4.78 is 31.1. The third-order valence-corrected chi connectivity index (χ3v) is 3.03. The molecule has 1 aromatic carbocycles. The predicted molar refractivity (Wildman–Crippen MR) is 58.5 cm³/mol. The number of nitrogens with zero attached hydrogens (tertiary/aromatic N) is 2. The molecule has 1 N–H and O–H groups in total. The van der Waals surface area contributed by atoms with Crippen LogP contribution in [0.15, 0.2) is 61.4 Å². The van der Waals surface area contributed by atoms with Crippen molar-refractivity contribution in [3.63, 3.8) is 0 Å². The molecular weight excluding hydrogens is 244 g/mol. The van der Waals surface area contributed by atoms with Crippen LogP contribution in [0.1, 0.15) is 0 Å². The highest BCUT2D eigenvalue weighted by atomic mass is 32.2. The third-order valence-electron chi connectivity index (χ3n) is 1.87. The molecule has 0 fully saturated rings. The minimum atomic E-state index is -3.83. The highest BCUT2D eigenvalue weighted by Crippen LogP contribution is 2.23. The fourth-order valence-corrected chi connectivity index (χ4v) is 1.89. The Labute approximate surface area is 97.3 Å². The molecule has 17 heavy (non-hydrogen) atoms. The topological polar surface area (TPSA) is 92.2 Å². The van der Waals surface area contributed by atoms with Crippen LogP contribution in [-0.4, -0.2) is 13.5 Å². The van der Waals surface area contributed by atoms with E-state index in [0.717, 1.165) is 0 Å². The molecule has 7 heteroatoms. The van der Waals surface area contributed by atoms with Crippen LogP contribution in [0.2, 0.25) is 0 Å². The van der Waals surface area contributed by atoms with E-state index in [4.69, 9.17) is 5.11 Å². The summed E-state index contributed by atoms with van der Waals surface area (Å²) in [7, 11) is -3.83. The highest BCUT2D eigenvalue weighted by molar-refractivity contribution is 7.90. The van der Waals surface area contributed by atoms with Crippen molar-refractivity contribution in [2.24, 2.45) is 9.63 Å². The first-order valence-electron chi connectivity index (χ1n) is 4.60. The molecule has 0 amide bonds. The quantitative estimate of drug-likeness (QED) is 0.849. The molecule has 88 valence electrons. The lowest BCUT2D eigenvalue weighted by molar-refractivity contribution is 0.336. The van der Waals surface area contributed by atoms with Crippen molar-refractivity contribution in [3.8, 4) is 5.95 Å². The zero-order valence-electron chi connectivity index (χ0n) is 8.52. The molecule has 1 aromatic heterocycles. The van der Waals surface area contributed by atoms with E-state index in [9.17, 15) is 8.42 Å². The number of sulfonamides is 1. The minimum absolute atomic E-state index is 0.0412. The molecule has 1 heterocycles. The van der Waals surface area contributed by atoms with E-state index in [1.165, 1.54) is 24.3 Å². The molecule has 0 aliphatic carbocycles. The van der Waals surface area contributed by atoms with Gasteiger partial charge >= 0.3 is 0 Å². The van der Waals surface area contributed by atoms with Crippen molar-refractivity contribution in [2.45, 2.75) is 4.90 Å². The molecule has 2 rings (SSSR count). The van der Waals surface area contributed by atoms with Crippen LogP contribution in [0.4, 0.5) is 5.88 Å². The number of hydrogen-bond acceptors (Lipinski definition) is 5. The fourth-order valence-electron chi connectivity index (χ4n) is 1.11. The molecule has 0 saturated carbocycles. The van der Waals surface area contributed by atoms with Gasteiger partial charge < -0.3 is 9.52 Å². The van der Waals surface area contributed by atoms with Crippen LogP contribution < -0.4 is 0 Å². The Hall–Kier alpha value is -2.15. The summed E-state index contributed by atoms with van der Waals surface area (Å²) in [6.07, 6.45) is 0. The molecule has 2 aromatic rings. The van der Waals surface area contributed by atoms with Crippen LogP contribution in [0.3, 0.4) is 0 Å². The second kappa shape index (κ2) is 4.38. The zero-order chi connectivity index (χ0) is 12.3. The molecule has 0 radical (unpaired) electrons. The normalized spacial score (nSPS) is 12.0. The second-order valence-electron chi connectivity index (χ2n) is 3.08. The van der Waals surface area contributed by atoms with Crippen molar-refractivity contribution >= 4 is 15.9 Å². The maximum atomic E-state index is 11.6. The molecular formula is C10H8N2O4S. The number of rotatable bonds is 3. The van der Waals surface area contributed by atoms with Gasteiger partial charge in [0.25, 0.3) is 16.0 Å². The Bertz CT molecular complexity index is 631. The first-order chi connectivity index (χ1) is 8.08. The van der Waals surface area contributed by atoms with E-state index in [1.54, 1.807) is 18.2 Å². The number of benzene rings is 1. The summed E-state index contributed by atoms with van der Waals surface area (Å²) in [5, 5.41) is 12.3. The summed E-state index contributed by atoms with van der Waals surface area (Å²) in [5.74, 6) is -0.432. The van der Waals surface area contributed by atoms with Crippen LogP contribution in [-0.2, 0) is 10.0 Å². The smallest absolute Gasteiger partial charge is 0.299 e. The van der Waals surface area contributed by atoms with Gasteiger partial charge in [-0.3, -0.25) is 0 Å². The van der Waals surface area contributed by atoms with E-state index < -0.39 is 10.0 Å². The maximum absolute atomic E-state index is 11.6. The molecule has 0 atom stereocenters. The Morgan fingerprint density at radius 3 is 2.35 bits per heavy atom. The zero-order valence-corrected chi connectivity index (χ0v) is 9.33. The third kappa shape index (κ3) is 2.70. The lowest BCUT2D eigenvalue weighted by atomic mass is 10.4. The summed E-state index contributed by atoms with van der Waals surface area (Å²) in [4.78, 5) is 0.0412. The molecule has 0 spiro atoms. The van der Waals surface area contributed by atoms with Gasteiger partial charge in [-0.15, -0.1) is 0 Å². The lowest BCUT2D eigenvalue weighted by Crippen LogP contribution is -1.94. The second-order valence-corrected chi connectivity index (χ2v) is 4.67. The van der Waals surface area contributed by atoms with Gasteiger partial charge in [0.05, 0.1) is 4.90 Å². The Balaban J connectivity index is 2.27. The van der Waals surface area contributed by atoms with Gasteiger partial charge in [0, 0.05) is 12.1 Å². The van der Waals surface area contributed by atoms with E-state index in [0.29, 0.717) is 0 Å². The molecule has 0 aliphatic rings. The average Bonchev–Trinajstić information content (AvgIpc) is 2.74. The van der Waals surface area contributed by atoms with Gasteiger partial charge in [0.15, 0.2) is 0 Å². The van der Waals surface area contributed by atoms with Crippen LogP contribution in [0.25, 0.3) is 0 Å². The predicted octanol–water partition coefficient (Wildman–Crippen LogP) is 2.46.